The third-order valence-electron chi connectivity index (χ3n) is 3.63. The molecule has 1 atom stereocenters. The predicted octanol–water partition coefficient (Wildman–Crippen LogP) is 4.31. The lowest BCUT2D eigenvalue weighted by atomic mass is 10.00. The van der Waals surface area contributed by atoms with Crippen molar-refractivity contribution in [2.24, 2.45) is 0 Å². The third-order valence-corrected chi connectivity index (χ3v) is 3.63. The summed E-state index contributed by atoms with van der Waals surface area (Å²) in [6.07, 6.45) is 2.35. The van der Waals surface area contributed by atoms with Crippen molar-refractivity contribution in [1.82, 2.24) is 5.32 Å². The first-order valence-electron chi connectivity index (χ1n) is 7.61. The van der Waals surface area contributed by atoms with Gasteiger partial charge in [-0.1, -0.05) is 55.8 Å². The Labute approximate surface area is 122 Å². The number of hydrogen-bond donors (Lipinski definition) is 1. The molecule has 2 nitrogen and oxygen atoms in total. The molecule has 0 heterocycles. The second-order valence-corrected chi connectivity index (χ2v) is 5.21. The molecular weight excluding hydrogens is 246 g/mol. The zero-order valence-electron chi connectivity index (χ0n) is 12.6. The minimum Gasteiger partial charge on any atom is -0.380 e. The standard InChI is InChI=1S/C18H25NO/c1-3-4-13-20-14-12-19-15(2)17-11-7-9-16-8-5-6-10-18(16)17/h5-11,15,19H,3-4,12-14H2,1-2H3. The highest BCUT2D eigenvalue weighted by Crippen LogP contribution is 2.23. The fourth-order valence-electron chi connectivity index (χ4n) is 2.43. The molecule has 0 radical (unpaired) electrons. The number of benzene rings is 2. The molecule has 108 valence electrons. The molecule has 2 rings (SSSR count). The molecular formula is C18H25NO. The molecule has 0 saturated carbocycles. The maximum Gasteiger partial charge on any atom is 0.0591 e. The number of fused-ring (bicyclic) bond motifs is 1. The normalized spacial score (nSPS) is 12.7. The van der Waals surface area contributed by atoms with E-state index in [9.17, 15) is 0 Å². The molecule has 0 aromatic heterocycles. The van der Waals surface area contributed by atoms with E-state index >= 15 is 0 Å². The minimum absolute atomic E-state index is 0.343. The summed E-state index contributed by atoms with van der Waals surface area (Å²) < 4.78 is 5.59. The van der Waals surface area contributed by atoms with Crippen molar-refractivity contribution >= 4 is 10.8 Å². The van der Waals surface area contributed by atoms with Gasteiger partial charge in [-0.25, -0.2) is 0 Å². The molecule has 1 N–H and O–H groups in total. The first-order valence-corrected chi connectivity index (χ1v) is 7.61. The molecule has 2 aromatic carbocycles. The predicted molar refractivity (Wildman–Crippen MR) is 86.1 cm³/mol. The molecule has 2 heteroatoms. The summed E-state index contributed by atoms with van der Waals surface area (Å²) >= 11 is 0. The Bertz CT molecular complexity index is 518. The van der Waals surface area contributed by atoms with Crippen molar-refractivity contribution in [1.29, 1.82) is 0 Å². The van der Waals surface area contributed by atoms with Gasteiger partial charge in [0.2, 0.25) is 0 Å². The van der Waals surface area contributed by atoms with E-state index in [2.05, 4.69) is 61.6 Å². The van der Waals surface area contributed by atoms with Crippen LogP contribution in [-0.2, 0) is 4.74 Å². The van der Waals surface area contributed by atoms with Gasteiger partial charge < -0.3 is 10.1 Å². The van der Waals surface area contributed by atoms with Crippen LogP contribution in [0.5, 0.6) is 0 Å². The van der Waals surface area contributed by atoms with Crippen molar-refractivity contribution < 1.29 is 4.74 Å². The fraction of sp³-hybridized carbons (Fsp3) is 0.444. The molecule has 0 bridgehead atoms. The minimum atomic E-state index is 0.343. The Kier molecular flexibility index (Phi) is 6.03. The van der Waals surface area contributed by atoms with Gasteiger partial charge in [0, 0.05) is 19.2 Å². The number of rotatable bonds is 8. The zero-order chi connectivity index (χ0) is 14.2. The zero-order valence-corrected chi connectivity index (χ0v) is 12.6. The first-order chi connectivity index (χ1) is 9.83. The highest BCUT2D eigenvalue weighted by molar-refractivity contribution is 5.86. The van der Waals surface area contributed by atoms with Crippen LogP contribution in [-0.4, -0.2) is 19.8 Å². The molecule has 0 amide bonds. The number of ether oxygens (including phenoxy) is 1. The first kappa shape index (κ1) is 15.0. The van der Waals surface area contributed by atoms with Crippen LogP contribution in [0.4, 0.5) is 0 Å². The quantitative estimate of drug-likeness (QED) is 0.722. The summed E-state index contributed by atoms with van der Waals surface area (Å²) in [5.41, 5.74) is 1.36. The largest absolute Gasteiger partial charge is 0.380 e. The summed E-state index contributed by atoms with van der Waals surface area (Å²) in [6.45, 7) is 6.96. The molecule has 1 unspecified atom stereocenters. The molecule has 0 aliphatic rings. The van der Waals surface area contributed by atoms with E-state index in [0.717, 1.165) is 26.2 Å². The molecule has 20 heavy (non-hydrogen) atoms. The maximum atomic E-state index is 5.59. The maximum absolute atomic E-state index is 5.59. The monoisotopic (exact) mass is 271 g/mol. The van der Waals surface area contributed by atoms with Crippen molar-refractivity contribution in [3.05, 3.63) is 48.0 Å². The van der Waals surface area contributed by atoms with E-state index in [-0.39, 0.29) is 0 Å². The Morgan fingerprint density at radius 2 is 1.85 bits per heavy atom. The van der Waals surface area contributed by atoms with E-state index in [1.165, 1.54) is 22.8 Å². The second-order valence-electron chi connectivity index (χ2n) is 5.21. The van der Waals surface area contributed by atoms with Crippen LogP contribution in [0.25, 0.3) is 10.8 Å². The summed E-state index contributed by atoms with van der Waals surface area (Å²) in [4.78, 5) is 0. The van der Waals surface area contributed by atoms with Crippen LogP contribution in [0, 0.1) is 0 Å². The van der Waals surface area contributed by atoms with Gasteiger partial charge in [-0.05, 0) is 29.7 Å². The van der Waals surface area contributed by atoms with E-state index in [1.54, 1.807) is 0 Å². The van der Waals surface area contributed by atoms with Crippen molar-refractivity contribution in [2.45, 2.75) is 32.7 Å². The van der Waals surface area contributed by atoms with E-state index in [1.807, 2.05) is 0 Å². The Morgan fingerprint density at radius 1 is 1.05 bits per heavy atom. The van der Waals surface area contributed by atoms with Crippen LogP contribution >= 0.6 is 0 Å². The lowest BCUT2D eigenvalue weighted by Crippen LogP contribution is -2.23. The SMILES string of the molecule is CCCCOCCNC(C)c1cccc2ccccc12. The molecule has 0 aliphatic carbocycles. The number of unbranched alkanes of at least 4 members (excludes halogenated alkanes) is 1. The van der Waals surface area contributed by atoms with Gasteiger partial charge in [-0.2, -0.15) is 0 Å². The smallest absolute Gasteiger partial charge is 0.0591 e. The van der Waals surface area contributed by atoms with E-state index in [0.29, 0.717) is 6.04 Å². The van der Waals surface area contributed by atoms with Gasteiger partial charge >= 0.3 is 0 Å². The lowest BCUT2D eigenvalue weighted by molar-refractivity contribution is 0.131. The van der Waals surface area contributed by atoms with Gasteiger partial charge in [0.05, 0.1) is 6.61 Å². The second kappa shape index (κ2) is 8.03. The number of nitrogens with one attached hydrogen (secondary N) is 1. The number of hydrogen-bond acceptors (Lipinski definition) is 2. The van der Waals surface area contributed by atoms with Crippen LogP contribution in [0.15, 0.2) is 42.5 Å². The summed E-state index contributed by atoms with van der Waals surface area (Å²) in [5.74, 6) is 0. The molecule has 0 saturated heterocycles. The van der Waals surface area contributed by atoms with Gasteiger partial charge in [0.1, 0.15) is 0 Å². The Balaban J connectivity index is 1.89. The topological polar surface area (TPSA) is 21.3 Å². The summed E-state index contributed by atoms with van der Waals surface area (Å²) in [5, 5.41) is 6.18. The molecule has 0 aliphatic heterocycles. The van der Waals surface area contributed by atoms with Gasteiger partial charge in [0.25, 0.3) is 0 Å². The van der Waals surface area contributed by atoms with Crippen molar-refractivity contribution in [2.75, 3.05) is 19.8 Å². The van der Waals surface area contributed by atoms with Crippen LogP contribution in [0.3, 0.4) is 0 Å². The molecule has 2 aromatic rings. The summed E-state index contributed by atoms with van der Waals surface area (Å²) in [7, 11) is 0. The van der Waals surface area contributed by atoms with E-state index in [4.69, 9.17) is 4.74 Å². The fourth-order valence-corrected chi connectivity index (χ4v) is 2.43. The van der Waals surface area contributed by atoms with Crippen molar-refractivity contribution in [3.8, 4) is 0 Å². The van der Waals surface area contributed by atoms with Crippen molar-refractivity contribution in [3.63, 3.8) is 0 Å². The van der Waals surface area contributed by atoms with Crippen LogP contribution in [0.2, 0.25) is 0 Å². The van der Waals surface area contributed by atoms with Gasteiger partial charge in [0.15, 0.2) is 0 Å². The highest BCUT2D eigenvalue weighted by atomic mass is 16.5. The van der Waals surface area contributed by atoms with Gasteiger partial charge in [-0.15, -0.1) is 0 Å². The lowest BCUT2D eigenvalue weighted by Gasteiger charge is -2.16. The van der Waals surface area contributed by atoms with Crippen LogP contribution in [0.1, 0.15) is 38.3 Å². The molecule has 0 spiro atoms. The average Bonchev–Trinajstić information content (AvgIpc) is 2.50. The van der Waals surface area contributed by atoms with E-state index < -0.39 is 0 Å². The van der Waals surface area contributed by atoms with Gasteiger partial charge in [-0.3, -0.25) is 0 Å². The highest BCUT2D eigenvalue weighted by Gasteiger charge is 2.07. The summed E-state index contributed by atoms with van der Waals surface area (Å²) in [6, 6.07) is 15.4. The Hall–Kier alpha value is -1.38. The average molecular weight is 271 g/mol. The molecule has 0 fully saturated rings. The van der Waals surface area contributed by atoms with Crippen LogP contribution < -0.4 is 5.32 Å². The third kappa shape index (κ3) is 4.06. The Morgan fingerprint density at radius 3 is 2.70 bits per heavy atom.